The van der Waals surface area contributed by atoms with E-state index in [1.807, 2.05) is 20.8 Å². The molecule has 0 unspecified atom stereocenters. The van der Waals surface area contributed by atoms with Crippen LogP contribution in [0.5, 0.6) is 0 Å². The third kappa shape index (κ3) is 4.08. The average molecular weight is 267 g/mol. The summed E-state index contributed by atoms with van der Waals surface area (Å²) >= 11 is 0. The predicted molar refractivity (Wildman–Crippen MR) is 70.9 cm³/mol. The van der Waals surface area contributed by atoms with E-state index in [0.29, 0.717) is 12.1 Å². The lowest BCUT2D eigenvalue weighted by Gasteiger charge is -2.16. The number of rotatable bonds is 6. The average Bonchev–Trinajstić information content (AvgIpc) is 2.69. The van der Waals surface area contributed by atoms with Gasteiger partial charge >= 0.3 is 5.97 Å². The van der Waals surface area contributed by atoms with Gasteiger partial charge in [-0.05, 0) is 24.8 Å². The molecular weight excluding hydrogens is 246 g/mol. The third-order valence-corrected chi connectivity index (χ3v) is 2.84. The van der Waals surface area contributed by atoms with Crippen molar-refractivity contribution < 1.29 is 14.7 Å². The van der Waals surface area contributed by atoms with Crippen molar-refractivity contribution in [3.63, 3.8) is 0 Å². The second-order valence-corrected chi connectivity index (χ2v) is 4.99. The number of nitrogens with one attached hydrogen (secondary N) is 1. The molecule has 0 spiro atoms. The van der Waals surface area contributed by atoms with Gasteiger partial charge in [-0.2, -0.15) is 5.10 Å². The standard InChI is InChI=1S/C13H21N3O3/c1-5-9-7-11(16(4)15-9)12(17)14-10(13(18)19)6-8(2)3/h7-8,10H,5-6H2,1-4H3,(H,14,17)(H,18,19)/t10-/m0/s1. The Bertz CT molecular complexity index is 466. The van der Waals surface area contributed by atoms with Gasteiger partial charge in [0.25, 0.3) is 5.91 Å². The number of nitrogens with zero attached hydrogens (tertiary/aromatic N) is 2. The van der Waals surface area contributed by atoms with Crippen LogP contribution in [0.2, 0.25) is 0 Å². The number of amides is 1. The first-order valence-corrected chi connectivity index (χ1v) is 6.41. The second kappa shape index (κ2) is 6.36. The van der Waals surface area contributed by atoms with Gasteiger partial charge in [0.1, 0.15) is 11.7 Å². The maximum Gasteiger partial charge on any atom is 0.326 e. The Hall–Kier alpha value is -1.85. The van der Waals surface area contributed by atoms with Crippen molar-refractivity contribution >= 4 is 11.9 Å². The summed E-state index contributed by atoms with van der Waals surface area (Å²) in [5, 5.41) is 15.8. The van der Waals surface area contributed by atoms with Gasteiger partial charge < -0.3 is 10.4 Å². The summed E-state index contributed by atoms with van der Waals surface area (Å²) in [5.41, 5.74) is 1.19. The highest BCUT2D eigenvalue weighted by molar-refractivity contribution is 5.95. The molecule has 2 N–H and O–H groups in total. The van der Waals surface area contributed by atoms with Crippen molar-refractivity contribution in [3.05, 3.63) is 17.5 Å². The van der Waals surface area contributed by atoms with E-state index in [2.05, 4.69) is 10.4 Å². The number of hydrogen-bond acceptors (Lipinski definition) is 3. The highest BCUT2D eigenvalue weighted by atomic mass is 16.4. The molecule has 0 fully saturated rings. The lowest BCUT2D eigenvalue weighted by Crippen LogP contribution is -2.42. The first-order valence-electron chi connectivity index (χ1n) is 6.41. The van der Waals surface area contributed by atoms with Crippen molar-refractivity contribution in [3.8, 4) is 0 Å². The van der Waals surface area contributed by atoms with Crippen LogP contribution in [0.25, 0.3) is 0 Å². The molecule has 0 aliphatic carbocycles. The van der Waals surface area contributed by atoms with E-state index in [1.54, 1.807) is 13.1 Å². The second-order valence-electron chi connectivity index (χ2n) is 4.99. The molecule has 0 saturated heterocycles. The summed E-state index contributed by atoms with van der Waals surface area (Å²) in [5.74, 6) is -1.22. The maximum absolute atomic E-state index is 12.1. The van der Waals surface area contributed by atoms with E-state index in [-0.39, 0.29) is 5.92 Å². The Morgan fingerprint density at radius 3 is 2.53 bits per heavy atom. The Kier molecular flexibility index (Phi) is 5.09. The largest absolute Gasteiger partial charge is 0.480 e. The zero-order chi connectivity index (χ0) is 14.6. The molecule has 1 amide bonds. The number of aliphatic carboxylic acids is 1. The van der Waals surface area contributed by atoms with Gasteiger partial charge in [0.05, 0.1) is 5.69 Å². The van der Waals surface area contributed by atoms with Crippen molar-refractivity contribution in [1.29, 1.82) is 0 Å². The number of carbonyl (C=O) groups is 2. The minimum atomic E-state index is -1.01. The van der Waals surface area contributed by atoms with Gasteiger partial charge in [0.15, 0.2) is 0 Å². The van der Waals surface area contributed by atoms with Gasteiger partial charge in [-0.25, -0.2) is 4.79 Å². The zero-order valence-corrected chi connectivity index (χ0v) is 11.8. The highest BCUT2D eigenvalue weighted by Gasteiger charge is 2.23. The van der Waals surface area contributed by atoms with Gasteiger partial charge in [0.2, 0.25) is 0 Å². The molecule has 1 aromatic heterocycles. The molecule has 0 aliphatic rings. The van der Waals surface area contributed by atoms with E-state index < -0.39 is 17.9 Å². The minimum Gasteiger partial charge on any atom is -0.480 e. The monoisotopic (exact) mass is 267 g/mol. The van der Waals surface area contributed by atoms with Gasteiger partial charge in [0, 0.05) is 7.05 Å². The first-order chi connectivity index (χ1) is 8.85. The minimum absolute atomic E-state index is 0.194. The first kappa shape index (κ1) is 15.2. The van der Waals surface area contributed by atoms with Crippen LogP contribution in [0.3, 0.4) is 0 Å². The van der Waals surface area contributed by atoms with Crippen LogP contribution in [-0.4, -0.2) is 32.8 Å². The Morgan fingerprint density at radius 2 is 2.11 bits per heavy atom. The van der Waals surface area contributed by atoms with E-state index >= 15 is 0 Å². The topological polar surface area (TPSA) is 84.2 Å². The normalized spacial score (nSPS) is 12.5. The molecule has 0 aromatic carbocycles. The van der Waals surface area contributed by atoms with Crippen molar-refractivity contribution in [1.82, 2.24) is 15.1 Å². The molecular formula is C13H21N3O3. The fourth-order valence-electron chi connectivity index (χ4n) is 1.84. The number of aryl methyl sites for hydroxylation is 2. The number of aromatic nitrogens is 2. The summed E-state index contributed by atoms with van der Waals surface area (Å²) in [4.78, 5) is 23.2. The molecule has 0 bridgehead atoms. The van der Waals surface area contributed by atoms with Crippen LogP contribution in [0.4, 0.5) is 0 Å². The summed E-state index contributed by atoms with van der Waals surface area (Å²) in [6.45, 7) is 5.78. The molecule has 0 saturated carbocycles. The molecule has 0 aliphatic heterocycles. The van der Waals surface area contributed by atoms with Crippen LogP contribution < -0.4 is 5.32 Å². The molecule has 6 heteroatoms. The van der Waals surface area contributed by atoms with Gasteiger partial charge in [-0.1, -0.05) is 20.8 Å². The molecule has 6 nitrogen and oxygen atoms in total. The Labute approximate surface area is 112 Å². The molecule has 1 aromatic rings. The smallest absolute Gasteiger partial charge is 0.326 e. The van der Waals surface area contributed by atoms with E-state index in [0.717, 1.165) is 12.1 Å². The lowest BCUT2D eigenvalue weighted by atomic mass is 10.0. The summed E-state index contributed by atoms with van der Waals surface area (Å²) in [6.07, 6.45) is 1.13. The van der Waals surface area contributed by atoms with Gasteiger partial charge in [-0.15, -0.1) is 0 Å². The Morgan fingerprint density at radius 1 is 1.47 bits per heavy atom. The zero-order valence-electron chi connectivity index (χ0n) is 11.8. The van der Waals surface area contributed by atoms with Crippen molar-refractivity contribution in [2.75, 3.05) is 0 Å². The van der Waals surface area contributed by atoms with E-state index in [4.69, 9.17) is 5.11 Å². The number of carboxylic acid groups (broad SMARTS) is 1. The molecule has 1 atom stereocenters. The van der Waals surface area contributed by atoms with Crippen molar-refractivity contribution in [2.45, 2.75) is 39.7 Å². The highest BCUT2D eigenvalue weighted by Crippen LogP contribution is 2.08. The number of carboxylic acids is 1. The van der Waals surface area contributed by atoms with Crippen LogP contribution in [-0.2, 0) is 18.3 Å². The molecule has 1 rings (SSSR count). The fraction of sp³-hybridized carbons (Fsp3) is 0.615. The lowest BCUT2D eigenvalue weighted by molar-refractivity contribution is -0.139. The quantitative estimate of drug-likeness (QED) is 0.811. The van der Waals surface area contributed by atoms with E-state index in [1.165, 1.54) is 4.68 Å². The van der Waals surface area contributed by atoms with Crippen LogP contribution in [0, 0.1) is 5.92 Å². The maximum atomic E-state index is 12.1. The van der Waals surface area contributed by atoms with Crippen LogP contribution >= 0.6 is 0 Å². The number of hydrogen-bond donors (Lipinski definition) is 2. The molecule has 1 heterocycles. The van der Waals surface area contributed by atoms with Crippen LogP contribution in [0.15, 0.2) is 6.07 Å². The molecule has 19 heavy (non-hydrogen) atoms. The summed E-state index contributed by atoms with van der Waals surface area (Å²) in [6, 6.07) is 0.816. The van der Waals surface area contributed by atoms with Gasteiger partial charge in [-0.3, -0.25) is 9.48 Å². The summed E-state index contributed by atoms with van der Waals surface area (Å²) < 4.78 is 1.47. The molecule has 0 radical (unpaired) electrons. The fourth-order valence-corrected chi connectivity index (χ4v) is 1.84. The third-order valence-electron chi connectivity index (χ3n) is 2.84. The number of carbonyl (C=O) groups excluding carboxylic acids is 1. The van der Waals surface area contributed by atoms with Crippen LogP contribution in [0.1, 0.15) is 43.4 Å². The predicted octanol–water partition coefficient (Wildman–Crippen LogP) is 1.21. The van der Waals surface area contributed by atoms with Crippen molar-refractivity contribution in [2.24, 2.45) is 13.0 Å². The Balaban J connectivity index is 2.81. The SMILES string of the molecule is CCc1cc(C(=O)N[C@@H](CC(C)C)C(=O)O)n(C)n1. The summed E-state index contributed by atoms with van der Waals surface area (Å²) in [7, 11) is 1.67. The van der Waals surface area contributed by atoms with E-state index in [9.17, 15) is 9.59 Å². The molecule has 106 valence electrons.